The Hall–Kier alpha value is -5.49. The van der Waals surface area contributed by atoms with Crippen LogP contribution in [0.5, 0.6) is 0 Å². The summed E-state index contributed by atoms with van der Waals surface area (Å²) in [6.45, 7) is 6.20. The Kier molecular flexibility index (Phi) is 64.4. The number of esters is 3. The summed E-state index contributed by atoms with van der Waals surface area (Å²) in [5, 5.41) is 0. The lowest BCUT2D eigenvalue weighted by molar-refractivity contribution is -0.166. The Balaban J connectivity index is 4.43. The van der Waals surface area contributed by atoms with Gasteiger partial charge in [0.1, 0.15) is 13.2 Å². The maximum Gasteiger partial charge on any atom is 0.306 e. The second-order valence-corrected chi connectivity index (χ2v) is 21.2. The van der Waals surface area contributed by atoms with Crippen LogP contribution in [0, 0.1) is 0 Å². The third-order valence-electron chi connectivity index (χ3n) is 13.4. The normalized spacial score (nSPS) is 13.3. The van der Waals surface area contributed by atoms with Crippen molar-refractivity contribution in [3.05, 3.63) is 182 Å². The second kappa shape index (κ2) is 69.0. The number of allylic oxidation sites excluding steroid dienone is 30. The molecule has 0 radical (unpaired) electrons. The molecule has 6 heteroatoms. The van der Waals surface area contributed by atoms with E-state index in [1.54, 1.807) is 0 Å². The van der Waals surface area contributed by atoms with E-state index in [-0.39, 0.29) is 44.0 Å². The van der Waals surface area contributed by atoms with E-state index >= 15 is 0 Å². The van der Waals surface area contributed by atoms with Gasteiger partial charge in [0, 0.05) is 19.3 Å². The van der Waals surface area contributed by atoms with Crippen LogP contribution in [0.2, 0.25) is 0 Å². The fourth-order valence-corrected chi connectivity index (χ4v) is 8.55. The zero-order valence-corrected chi connectivity index (χ0v) is 53.1. The molecule has 0 amide bonds. The monoisotopic (exact) mass is 1140 g/mol. The van der Waals surface area contributed by atoms with E-state index in [1.807, 2.05) is 12.2 Å². The van der Waals surface area contributed by atoms with Gasteiger partial charge in [0.2, 0.25) is 0 Å². The molecule has 6 nitrogen and oxygen atoms in total. The number of carbonyl (C=O) groups excluding carboxylic acids is 3. The van der Waals surface area contributed by atoms with Gasteiger partial charge >= 0.3 is 17.9 Å². The minimum atomic E-state index is -0.836. The molecule has 0 spiro atoms. The van der Waals surface area contributed by atoms with Gasteiger partial charge in [-0.2, -0.15) is 0 Å². The molecule has 0 saturated heterocycles. The van der Waals surface area contributed by atoms with Gasteiger partial charge in [0.05, 0.1) is 0 Å². The summed E-state index contributed by atoms with van der Waals surface area (Å²) in [5.74, 6) is -1.05. The largest absolute Gasteiger partial charge is 0.462 e. The molecule has 0 fully saturated rings. The van der Waals surface area contributed by atoms with Crippen LogP contribution in [0.25, 0.3) is 0 Å². The molecule has 0 aliphatic rings. The van der Waals surface area contributed by atoms with E-state index in [2.05, 4.69) is 191 Å². The highest BCUT2D eigenvalue weighted by Gasteiger charge is 2.19. The Morgan fingerprint density at radius 2 is 0.458 bits per heavy atom. The van der Waals surface area contributed by atoms with E-state index < -0.39 is 6.10 Å². The average molecular weight is 1140 g/mol. The topological polar surface area (TPSA) is 78.9 Å². The van der Waals surface area contributed by atoms with Gasteiger partial charge in [0.15, 0.2) is 6.10 Å². The Morgan fingerprint density at radius 1 is 0.241 bits per heavy atom. The van der Waals surface area contributed by atoms with Crippen molar-refractivity contribution in [2.45, 2.75) is 271 Å². The molecule has 1 unspecified atom stereocenters. The molecule has 0 saturated carbocycles. The molecule has 0 bridgehead atoms. The summed E-state index contributed by atoms with van der Waals surface area (Å²) in [6.07, 6.45) is 104. The van der Waals surface area contributed by atoms with Gasteiger partial charge in [-0.3, -0.25) is 14.4 Å². The highest BCUT2D eigenvalue weighted by atomic mass is 16.6. The van der Waals surface area contributed by atoms with Gasteiger partial charge in [-0.25, -0.2) is 0 Å². The number of hydrogen-bond donors (Lipinski definition) is 0. The quantitative estimate of drug-likeness (QED) is 0.0261. The van der Waals surface area contributed by atoms with Gasteiger partial charge in [-0.05, 0) is 141 Å². The minimum absolute atomic E-state index is 0.122. The highest BCUT2D eigenvalue weighted by molar-refractivity contribution is 5.71. The molecule has 1 atom stereocenters. The zero-order chi connectivity index (χ0) is 59.9. The first-order valence-corrected chi connectivity index (χ1v) is 33.3. The van der Waals surface area contributed by atoms with Crippen LogP contribution in [-0.4, -0.2) is 37.2 Å². The van der Waals surface area contributed by atoms with Crippen molar-refractivity contribution in [3.8, 4) is 0 Å². The van der Waals surface area contributed by atoms with E-state index in [4.69, 9.17) is 14.2 Å². The van der Waals surface area contributed by atoms with Crippen LogP contribution >= 0.6 is 0 Å². The first-order chi connectivity index (χ1) is 41.0. The predicted molar refractivity (Wildman–Crippen MR) is 361 cm³/mol. The molecule has 0 rings (SSSR count). The lowest BCUT2D eigenvalue weighted by Gasteiger charge is -2.18. The average Bonchev–Trinajstić information content (AvgIpc) is 3.49. The van der Waals surface area contributed by atoms with Crippen molar-refractivity contribution in [2.75, 3.05) is 13.2 Å². The van der Waals surface area contributed by atoms with Gasteiger partial charge in [0.25, 0.3) is 0 Å². The summed E-state index contributed by atoms with van der Waals surface area (Å²) >= 11 is 0. The lowest BCUT2D eigenvalue weighted by atomic mass is 10.0. The third kappa shape index (κ3) is 67.2. The van der Waals surface area contributed by atoms with Gasteiger partial charge in [-0.15, -0.1) is 0 Å². The first-order valence-electron chi connectivity index (χ1n) is 33.3. The molecule has 0 N–H and O–H groups in total. The van der Waals surface area contributed by atoms with Crippen molar-refractivity contribution < 1.29 is 28.6 Å². The van der Waals surface area contributed by atoms with E-state index in [0.717, 1.165) is 135 Å². The lowest BCUT2D eigenvalue weighted by Crippen LogP contribution is -2.30. The van der Waals surface area contributed by atoms with Crippen molar-refractivity contribution in [3.63, 3.8) is 0 Å². The number of unbranched alkanes of at least 4 members (excludes halogenated alkanes) is 17. The Morgan fingerprint density at radius 3 is 0.759 bits per heavy atom. The molecule has 464 valence electrons. The molecule has 0 aromatic heterocycles. The predicted octanol–water partition coefficient (Wildman–Crippen LogP) is 23.2. The molecular formula is C77H120O6. The summed E-state index contributed by atoms with van der Waals surface area (Å²) in [7, 11) is 0. The Bertz CT molecular complexity index is 1940. The fraction of sp³-hybridized carbons (Fsp3) is 0.571. The van der Waals surface area contributed by atoms with Crippen LogP contribution < -0.4 is 0 Å². The van der Waals surface area contributed by atoms with Gasteiger partial charge in [-0.1, -0.05) is 287 Å². The minimum Gasteiger partial charge on any atom is -0.462 e. The Labute approximate surface area is 510 Å². The smallest absolute Gasteiger partial charge is 0.306 e. The van der Waals surface area contributed by atoms with Crippen LogP contribution in [0.3, 0.4) is 0 Å². The van der Waals surface area contributed by atoms with Crippen molar-refractivity contribution in [1.29, 1.82) is 0 Å². The number of ether oxygens (including phenoxy) is 3. The van der Waals surface area contributed by atoms with Crippen molar-refractivity contribution in [2.24, 2.45) is 0 Å². The summed E-state index contributed by atoms with van der Waals surface area (Å²) in [4.78, 5) is 38.3. The maximum absolute atomic E-state index is 12.9. The SMILES string of the molecule is CC/C=C\C/C=C\C/C=C\C/C=C\C/C=C\C/C=C\C/C=C\CCCCCC(=O)OC(COC(=O)CC/C=C\C/C=C\C/C=C\C/C=C\CC)COC(=O)CCCCCCCCCCCCCCCC/C=C\C/C=C\C/C=C\C/C=C\CC. The maximum atomic E-state index is 12.9. The van der Waals surface area contributed by atoms with Crippen LogP contribution in [0.1, 0.15) is 265 Å². The van der Waals surface area contributed by atoms with Crippen LogP contribution in [0.4, 0.5) is 0 Å². The molecule has 0 heterocycles. The third-order valence-corrected chi connectivity index (χ3v) is 13.4. The zero-order valence-electron chi connectivity index (χ0n) is 53.1. The fourth-order valence-electron chi connectivity index (χ4n) is 8.55. The van der Waals surface area contributed by atoms with E-state index in [1.165, 1.54) is 77.0 Å². The first kappa shape index (κ1) is 77.5. The van der Waals surface area contributed by atoms with Crippen LogP contribution in [-0.2, 0) is 28.6 Å². The highest BCUT2D eigenvalue weighted by Crippen LogP contribution is 2.15. The van der Waals surface area contributed by atoms with E-state index in [9.17, 15) is 14.4 Å². The summed E-state index contributed by atoms with van der Waals surface area (Å²) < 4.78 is 16.8. The van der Waals surface area contributed by atoms with Crippen molar-refractivity contribution in [1.82, 2.24) is 0 Å². The summed E-state index contributed by atoms with van der Waals surface area (Å²) in [5.41, 5.74) is 0. The molecule has 0 aromatic rings. The molecule has 0 aliphatic carbocycles. The van der Waals surface area contributed by atoms with Crippen LogP contribution in [0.15, 0.2) is 182 Å². The number of rotatable bonds is 58. The van der Waals surface area contributed by atoms with Gasteiger partial charge < -0.3 is 14.2 Å². The van der Waals surface area contributed by atoms with E-state index in [0.29, 0.717) is 19.3 Å². The number of hydrogen-bond acceptors (Lipinski definition) is 6. The molecular weight excluding hydrogens is 1020 g/mol. The number of carbonyl (C=O) groups is 3. The standard InChI is InChI=1S/C77H120O6/c1-4-7-10-13-16-19-22-25-27-29-31-33-35-37-38-40-41-43-45-47-49-52-55-58-61-64-67-70-76(79)82-73-74(72-81-75(78)69-66-63-60-57-54-51-24-21-18-15-12-9-6-3)83-77(80)71-68-65-62-59-56-53-50-48-46-44-42-39-36-34-32-30-28-26-23-20-17-14-11-8-5-2/h7-12,16-21,25-28,31-34,39,42,46,48,51,53-54,56,60,63,74H,4-6,13-15,22-24,29-30,35-38,40-41,43-45,47,49-50,52,55,57-59,61-62,64-73H2,1-3H3/b10-7-,11-8-,12-9-,19-16-,20-17-,21-18-,27-25-,28-26-,33-31-,34-32-,42-39-,48-46-,54-51-,56-53-,63-60-. The second-order valence-electron chi connectivity index (χ2n) is 21.2. The molecule has 0 aliphatic heterocycles. The molecule has 0 aromatic carbocycles. The summed E-state index contributed by atoms with van der Waals surface area (Å²) in [6, 6.07) is 0. The van der Waals surface area contributed by atoms with Crippen molar-refractivity contribution >= 4 is 17.9 Å². The molecule has 83 heavy (non-hydrogen) atoms.